The van der Waals surface area contributed by atoms with Crippen molar-refractivity contribution >= 4 is 32.9 Å². The number of fused-ring (bicyclic) bond motifs is 2. The van der Waals surface area contributed by atoms with Crippen molar-refractivity contribution in [3.05, 3.63) is 72.8 Å². The van der Waals surface area contributed by atoms with Crippen molar-refractivity contribution in [2.45, 2.75) is 0 Å². The Morgan fingerprint density at radius 1 is 0.708 bits per heavy atom. The van der Waals surface area contributed by atoms with Gasteiger partial charge in [-0.25, -0.2) is 0 Å². The third-order valence-electron chi connectivity index (χ3n) is 4.56. The van der Waals surface area contributed by atoms with E-state index < -0.39 is 0 Å². The van der Waals surface area contributed by atoms with Crippen LogP contribution in [0.25, 0.3) is 32.7 Å². The zero-order valence-electron chi connectivity index (χ0n) is 14.0. The fourth-order valence-corrected chi connectivity index (χ4v) is 3.56. The van der Waals surface area contributed by atoms with Crippen LogP contribution >= 0.6 is 0 Å². The molecule has 0 atom stereocenters. The summed E-state index contributed by atoms with van der Waals surface area (Å²) in [4.78, 5) is 2.11. The SMILES string of the molecule is CN(C)c1c(N)cc2ccccc2c1-c1cccc2ccccc12. The molecule has 4 rings (SSSR count). The van der Waals surface area contributed by atoms with Crippen LogP contribution in [0, 0.1) is 0 Å². The van der Waals surface area contributed by atoms with Gasteiger partial charge < -0.3 is 10.6 Å². The van der Waals surface area contributed by atoms with Crippen molar-refractivity contribution in [1.29, 1.82) is 0 Å². The summed E-state index contributed by atoms with van der Waals surface area (Å²) in [7, 11) is 4.10. The zero-order valence-corrected chi connectivity index (χ0v) is 14.0. The predicted octanol–water partition coefficient (Wildman–Crippen LogP) is 5.31. The van der Waals surface area contributed by atoms with E-state index in [1.54, 1.807) is 0 Å². The minimum atomic E-state index is 0.807. The molecule has 0 aliphatic rings. The first kappa shape index (κ1) is 14.6. The summed E-state index contributed by atoms with van der Waals surface area (Å²) in [5.74, 6) is 0. The first-order chi connectivity index (χ1) is 11.7. The highest BCUT2D eigenvalue weighted by atomic mass is 15.1. The van der Waals surface area contributed by atoms with Crippen molar-refractivity contribution in [2.75, 3.05) is 24.7 Å². The Balaban J connectivity index is 2.21. The zero-order chi connectivity index (χ0) is 16.7. The molecule has 2 nitrogen and oxygen atoms in total. The molecule has 0 saturated heterocycles. The summed E-state index contributed by atoms with van der Waals surface area (Å²) in [5.41, 5.74) is 10.7. The van der Waals surface area contributed by atoms with Crippen LogP contribution in [0.2, 0.25) is 0 Å². The highest BCUT2D eigenvalue weighted by Gasteiger charge is 2.16. The molecule has 0 aliphatic carbocycles. The van der Waals surface area contributed by atoms with Crippen molar-refractivity contribution in [3.8, 4) is 11.1 Å². The Hall–Kier alpha value is -3.00. The summed E-state index contributed by atoms with van der Waals surface area (Å²) in [6.45, 7) is 0. The Morgan fingerprint density at radius 3 is 2.08 bits per heavy atom. The number of benzene rings is 4. The maximum Gasteiger partial charge on any atom is 0.0681 e. The second-order valence-corrected chi connectivity index (χ2v) is 6.33. The van der Waals surface area contributed by atoms with Crippen molar-refractivity contribution in [2.24, 2.45) is 0 Å². The van der Waals surface area contributed by atoms with Gasteiger partial charge >= 0.3 is 0 Å². The second kappa shape index (κ2) is 5.57. The topological polar surface area (TPSA) is 29.3 Å². The molecule has 0 saturated carbocycles. The number of hydrogen-bond donors (Lipinski definition) is 1. The van der Waals surface area contributed by atoms with E-state index in [4.69, 9.17) is 5.73 Å². The Labute approximate surface area is 142 Å². The quantitative estimate of drug-likeness (QED) is 0.508. The van der Waals surface area contributed by atoms with Crippen molar-refractivity contribution < 1.29 is 0 Å². The first-order valence-electron chi connectivity index (χ1n) is 8.13. The van der Waals surface area contributed by atoms with Gasteiger partial charge in [0.25, 0.3) is 0 Å². The Bertz CT molecular complexity index is 1040. The number of nitrogens with two attached hydrogens (primary N) is 1. The monoisotopic (exact) mass is 312 g/mol. The highest BCUT2D eigenvalue weighted by molar-refractivity contribution is 6.12. The van der Waals surface area contributed by atoms with Gasteiger partial charge in [0.2, 0.25) is 0 Å². The molecule has 0 radical (unpaired) electrons. The number of anilines is 2. The molecule has 0 fully saturated rings. The molecule has 0 bridgehead atoms. The number of hydrogen-bond acceptors (Lipinski definition) is 2. The van der Waals surface area contributed by atoms with Gasteiger partial charge in [-0.05, 0) is 33.2 Å². The maximum absolute atomic E-state index is 6.43. The van der Waals surface area contributed by atoms with Gasteiger partial charge in [-0.15, -0.1) is 0 Å². The van der Waals surface area contributed by atoms with Gasteiger partial charge in [0.15, 0.2) is 0 Å². The molecular weight excluding hydrogens is 292 g/mol. The number of rotatable bonds is 2. The van der Waals surface area contributed by atoms with E-state index in [0.717, 1.165) is 11.4 Å². The average molecular weight is 312 g/mol. The van der Waals surface area contributed by atoms with E-state index in [9.17, 15) is 0 Å². The van der Waals surface area contributed by atoms with Crippen LogP contribution < -0.4 is 10.6 Å². The fraction of sp³-hybridized carbons (Fsp3) is 0.0909. The van der Waals surface area contributed by atoms with Crippen LogP contribution in [0.1, 0.15) is 0 Å². The van der Waals surface area contributed by atoms with Crippen LogP contribution in [0.15, 0.2) is 72.8 Å². The van der Waals surface area contributed by atoms with E-state index in [2.05, 4.69) is 91.8 Å². The average Bonchev–Trinajstić information content (AvgIpc) is 2.60. The molecule has 4 aromatic carbocycles. The van der Waals surface area contributed by atoms with Gasteiger partial charge in [-0.1, -0.05) is 66.7 Å². The molecule has 2 heteroatoms. The van der Waals surface area contributed by atoms with Crippen molar-refractivity contribution in [3.63, 3.8) is 0 Å². The van der Waals surface area contributed by atoms with E-state index in [-0.39, 0.29) is 0 Å². The third-order valence-corrected chi connectivity index (χ3v) is 4.56. The second-order valence-electron chi connectivity index (χ2n) is 6.33. The summed E-state index contributed by atoms with van der Waals surface area (Å²) >= 11 is 0. The van der Waals surface area contributed by atoms with E-state index in [0.29, 0.717) is 0 Å². The molecule has 0 aromatic heterocycles. The standard InChI is InChI=1S/C22H20N2/c1-24(2)22-20(23)14-16-9-4-6-12-18(16)21(22)19-13-7-10-15-8-3-5-11-17(15)19/h3-14H,23H2,1-2H3. The number of nitrogen functional groups attached to an aromatic ring is 1. The molecule has 0 amide bonds. The first-order valence-corrected chi connectivity index (χ1v) is 8.13. The third kappa shape index (κ3) is 2.19. The molecule has 0 heterocycles. The lowest BCUT2D eigenvalue weighted by molar-refractivity contribution is 1.14. The molecule has 0 spiro atoms. The molecular formula is C22H20N2. The summed E-state index contributed by atoms with van der Waals surface area (Å²) in [6, 6.07) is 25.5. The van der Waals surface area contributed by atoms with Gasteiger partial charge in [-0.2, -0.15) is 0 Å². The van der Waals surface area contributed by atoms with Crippen LogP contribution in [0.5, 0.6) is 0 Å². The van der Waals surface area contributed by atoms with E-state index in [1.807, 2.05) is 0 Å². The molecule has 4 aromatic rings. The highest BCUT2D eigenvalue weighted by Crippen LogP contribution is 2.43. The summed E-state index contributed by atoms with van der Waals surface area (Å²) in [6.07, 6.45) is 0. The Kier molecular flexibility index (Phi) is 3.39. The lowest BCUT2D eigenvalue weighted by Crippen LogP contribution is -2.13. The predicted molar refractivity (Wildman–Crippen MR) is 106 cm³/mol. The van der Waals surface area contributed by atoms with Crippen LogP contribution in [0.3, 0.4) is 0 Å². The lowest BCUT2D eigenvalue weighted by Gasteiger charge is -2.23. The van der Waals surface area contributed by atoms with Crippen LogP contribution in [-0.2, 0) is 0 Å². The minimum Gasteiger partial charge on any atom is -0.397 e. The summed E-state index contributed by atoms with van der Waals surface area (Å²) < 4.78 is 0. The maximum atomic E-state index is 6.43. The van der Waals surface area contributed by atoms with Crippen LogP contribution in [-0.4, -0.2) is 14.1 Å². The Morgan fingerprint density at radius 2 is 1.33 bits per heavy atom. The number of nitrogens with zero attached hydrogens (tertiary/aromatic N) is 1. The lowest BCUT2D eigenvalue weighted by atomic mass is 9.91. The molecule has 0 aliphatic heterocycles. The fourth-order valence-electron chi connectivity index (χ4n) is 3.56. The van der Waals surface area contributed by atoms with Gasteiger partial charge in [0, 0.05) is 19.7 Å². The van der Waals surface area contributed by atoms with Gasteiger partial charge in [0.1, 0.15) is 0 Å². The largest absolute Gasteiger partial charge is 0.397 e. The molecule has 118 valence electrons. The summed E-state index contributed by atoms with van der Waals surface area (Å²) in [5, 5.41) is 4.89. The molecule has 24 heavy (non-hydrogen) atoms. The molecule has 0 unspecified atom stereocenters. The van der Waals surface area contributed by atoms with Crippen molar-refractivity contribution in [1.82, 2.24) is 0 Å². The molecule has 2 N–H and O–H groups in total. The van der Waals surface area contributed by atoms with Crippen LogP contribution in [0.4, 0.5) is 11.4 Å². The van der Waals surface area contributed by atoms with E-state index >= 15 is 0 Å². The van der Waals surface area contributed by atoms with Gasteiger partial charge in [-0.3, -0.25) is 0 Å². The smallest absolute Gasteiger partial charge is 0.0681 e. The minimum absolute atomic E-state index is 0.807. The van der Waals surface area contributed by atoms with E-state index in [1.165, 1.54) is 32.7 Å². The normalized spacial score (nSPS) is 11.1. The van der Waals surface area contributed by atoms with Gasteiger partial charge in [0.05, 0.1) is 11.4 Å².